The molecule has 1 heterocycles. The Balaban J connectivity index is 1.31. The standard InChI is InChI=1S/C28H42ClFN2O5SSi/c1-27(2,3)39(4,5)37-16-22-20-10-18-9-19(11-20)15-28(22,14-18)17-36-25-13-24(30)21(12-23(25)29)26(33)31-38(34,35)32-7-6-8-32/h12-13,18-20,22H,6-11,14-17H2,1-5H3,(H,31,33). The predicted molar refractivity (Wildman–Crippen MR) is 152 cm³/mol. The summed E-state index contributed by atoms with van der Waals surface area (Å²) in [6, 6.07) is 2.26. The Hall–Kier alpha value is -1.20. The van der Waals surface area contributed by atoms with Crippen molar-refractivity contribution in [1.82, 2.24) is 9.03 Å². The van der Waals surface area contributed by atoms with E-state index in [4.69, 9.17) is 20.8 Å². The Labute approximate surface area is 238 Å². The molecule has 1 aromatic rings. The van der Waals surface area contributed by atoms with Crippen molar-refractivity contribution in [2.75, 3.05) is 26.3 Å². The molecule has 4 saturated carbocycles. The lowest BCUT2D eigenvalue weighted by atomic mass is 9.45. The molecule has 1 amide bonds. The van der Waals surface area contributed by atoms with Gasteiger partial charge in [-0.1, -0.05) is 32.4 Å². The Morgan fingerprint density at radius 3 is 2.38 bits per heavy atom. The number of hydrogen-bond acceptors (Lipinski definition) is 5. The van der Waals surface area contributed by atoms with Crippen LogP contribution in [-0.2, 0) is 14.6 Å². The molecule has 1 aliphatic heterocycles. The van der Waals surface area contributed by atoms with Crippen LogP contribution in [0.2, 0.25) is 23.2 Å². The van der Waals surface area contributed by atoms with Crippen molar-refractivity contribution in [3.63, 3.8) is 0 Å². The first-order valence-electron chi connectivity index (χ1n) is 14.2. The fourth-order valence-corrected chi connectivity index (χ4v) is 9.63. The zero-order valence-electron chi connectivity index (χ0n) is 23.7. The fraction of sp³-hybridized carbons (Fsp3) is 0.750. The maximum atomic E-state index is 15.1. The van der Waals surface area contributed by atoms with Crippen LogP contribution in [-0.4, -0.2) is 53.3 Å². The zero-order valence-corrected chi connectivity index (χ0v) is 26.3. The Kier molecular flexibility index (Phi) is 7.71. The van der Waals surface area contributed by atoms with Gasteiger partial charge in [0.05, 0.1) is 17.2 Å². The van der Waals surface area contributed by atoms with Gasteiger partial charge in [-0.05, 0) is 86.4 Å². The third-order valence-electron chi connectivity index (χ3n) is 10.3. The van der Waals surface area contributed by atoms with Crippen molar-refractivity contribution >= 4 is 36.0 Å². The molecule has 5 aliphatic rings. The molecule has 0 radical (unpaired) electrons. The van der Waals surface area contributed by atoms with Gasteiger partial charge in [-0.25, -0.2) is 9.11 Å². The molecule has 0 spiro atoms. The van der Waals surface area contributed by atoms with Crippen LogP contribution in [0.15, 0.2) is 12.1 Å². The summed E-state index contributed by atoms with van der Waals surface area (Å²) >= 11 is 6.46. The summed E-state index contributed by atoms with van der Waals surface area (Å²) < 4.78 is 55.7. The summed E-state index contributed by atoms with van der Waals surface area (Å²) in [5, 5.41) is 0.220. The predicted octanol–water partition coefficient (Wildman–Crippen LogP) is 6.00. The molecule has 6 rings (SSSR count). The van der Waals surface area contributed by atoms with E-state index in [0.717, 1.165) is 42.3 Å². The number of ether oxygens (including phenoxy) is 1. The second-order valence-electron chi connectivity index (χ2n) is 13.9. The van der Waals surface area contributed by atoms with E-state index in [9.17, 15) is 13.2 Å². The van der Waals surface area contributed by atoms with Crippen molar-refractivity contribution in [3.8, 4) is 5.75 Å². The molecule has 4 bridgehead atoms. The van der Waals surface area contributed by atoms with E-state index < -0.39 is 35.8 Å². The average Bonchev–Trinajstić information content (AvgIpc) is 2.75. The van der Waals surface area contributed by atoms with Gasteiger partial charge in [-0.15, -0.1) is 0 Å². The minimum Gasteiger partial charge on any atom is -0.491 e. The van der Waals surface area contributed by atoms with Gasteiger partial charge >= 0.3 is 10.2 Å². The number of carbonyl (C=O) groups excluding carboxylic acids is 1. The average molecular weight is 601 g/mol. The van der Waals surface area contributed by atoms with E-state index in [-0.39, 0.29) is 21.2 Å². The molecule has 1 saturated heterocycles. The van der Waals surface area contributed by atoms with Crippen LogP contribution in [0.5, 0.6) is 5.75 Å². The van der Waals surface area contributed by atoms with Gasteiger partial charge in [0.15, 0.2) is 8.32 Å². The number of nitrogens with zero attached hydrogens (tertiary/aromatic N) is 1. The molecule has 0 aromatic heterocycles. The number of halogens is 2. The first-order valence-corrected chi connectivity index (χ1v) is 18.9. The molecule has 11 heteroatoms. The van der Waals surface area contributed by atoms with Crippen molar-refractivity contribution in [2.45, 2.75) is 77.4 Å². The molecular formula is C28H42ClFN2O5SSi. The van der Waals surface area contributed by atoms with Gasteiger partial charge in [0.25, 0.3) is 5.91 Å². The summed E-state index contributed by atoms with van der Waals surface area (Å²) in [5.74, 6) is 0.668. The molecule has 218 valence electrons. The number of carbonyl (C=O) groups is 1. The van der Waals surface area contributed by atoms with Gasteiger partial charge in [0, 0.05) is 31.2 Å². The van der Waals surface area contributed by atoms with E-state index in [1.165, 1.54) is 19.3 Å². The number of rotatable bonds is 9. The highest BCUT2D eigenvalue weighted by molar-refractivity contribution is 7.87. The van der Waals surface area contributed by atoms with E-state index >= 15 is 4.39 Å². The van der Waals surface area contributed by atoms with E-state index in [1.807, 2.05) is 4.72 Å². The van der Waals surface area contributed by atoms with Gasteiger partial charge in [0.2, 0.25) is 0 Å². The molecule has 7 nitrogen and oxygen atoms in total. The second-order valence-corrected chi connectivity index (χ2v) is 20.8. The van der Waals surface area contributed by atoms with Crippen LogP contribution in [0.25, 0.3) is 0 Å². The van der Waals surface area contributed by atoms with Gasteiger partial charge in [-0.2, -0.15) is 12.7 Å². The number of amides is 1. The number of hydrogen-bond donors (Lipinski definition) is 1. The third-order valence-corrected chi connectivity index (χ3v) is 16.6. The van der Waals surface area contributed by atoms with Crippen LogP contribution >= 0.6 is 11.6 Å². The second kappa shape index (κ2) is 10.3. The Bertz CT molecular complexity index is 1220. The van der Waals surface area contributed by atoms with Gasteiger partial charge < -0.3 is 9.16 Å². The van der Waals surface area contributed by atoms with E-state index in [0.29, 0.717) is 43.4 Å². The van der Waals surface area contributed by atoms with E-state index in [1.54, 1.807) is 0 Å². The molecule has 1 aromatic carbocycles. The first-order chi connectivity index (χ1) is 18.1. The van der Waals surface area contributed by atoms with Crippen molar-refractivity contribution in [3.05, 3.63) is 28.5 Å². The fourth-order valence-electron chi connectivity index (χ4n) is 7.17. The molecule has 3 unspecified atom stereocenters. The Morgan fingerprint density at radius 1 is 1.18 bits per heavy atom. The molecule has 3 atom stereocenters. The first kappa shape index (κ1) is 29.3. The van der Waals surface area contributed by atoms with Crippen molar-refractivity contribution in [1.29, 1.82) is 0 Å². The van der Waals surface area contributed by atoms with Crippen LogP contribution < -0.4 is 9.46 Å². The van der Waals surface area contributed by atoms with Crippen molar-refractivity contribution in [2.24, 2.45) is 29.1 Å². The summed E-state index contributed by atoms with van der Waals surface area (Å²) in [6.07, 6.45) is 6.69. The van der Waals surface area contributed by atoms with Crippen LogP contribution in [0, 0.1) is 34.9 Å². The molecule has 4 aliphatic carbocycles. The summed E-state index contributed by atoms with van der Waals surface area (Å²) in [7, 11) is -5.91. The molecule has 39 heavy (non-hydrogen) atoms. The van der Waals surface area contributed by atoms with Crippen LogP contribution in [0.4, 0.5) is 4.39 Å². The minimum absolute atomic E-state index is 0.0434. The van der Waals surface area contributed by atoms with Gasteiger partial charge in [-0.3, -0.25) is 4.79 Å². The minimum atomic E-state index is -3.99. The van der Waals surface area contributed by atoms with E-state index in [2.05, 4.69) is 33.9 Å². The number of benzene rings is 1. The summed E-state index contributed by atoms with van der Waals surface area (Å²) in [6.45, 7) is 13.2. The third kappa shape index (κ3) is 5.65. The van der Waals surface area contributed by atoms with Crippen molar-refractivity contribution < 1.29 is 26.8 Å². The quantitative estimate of drug-likeness (QED) is 0.351. The lowest BCUT2D eigenvalue weighted by Gasteiger charge is -2.61. The lowest BCUT2D eigenvalue weighted by Crippen LogP contribution is -2.57. The van der Waals surface area contributed by atoms with Gasteiger partial charge in [0.1, 0.15) is 11.6 Å². The highest BCUT2D eigenvalue weighted by atomic mass is 35.5. The number of nitrogens with one attached hydrogen (secondary N) is 1. The monoisotopic (exact) mass is 600 g/mol. The molecule has 5 fully saturated rings. The lowest BCUT2D eigenvalue weighted by molar-refractivity contribution is -0.139. The maximum absolute atomic E-state index is 15.1. The normalized spacial score (nSPS) is 30.7. The molecule has 1 N–H and O–H groups in total. The largest absolute Gasteiger partial charge is 0.491 e. The van der Waals surface area contributed by atoms with Crippen LogP contribution in [0.1, 0.15) is 69.7 Å². The molecular weight excluding hydrogens is 559 g/mol. The highest BCUT2D eigenvalue weighted by Crippen LogP contribution is 2.63. The smallest absolute Gasteiger partial charge is 0.304 e. The SMILES string of the molecule is CC(C)(C)[Si](C)(C)OCC1C2CC3CC(C2)CC1(COc1cc(F)c(C(=O)NS(=O)(=O)N2CCC2)cc1Cl)C3. The van der Waals surface area contributed by atoms with Crippen LogP contribution in [0.3, 0.4) is 0 Å². The Morgan fingerprint density at radius 2 is 1.82 bits per heavy atom. The summed E-state index contributed by atoms with van der Waals surface area (Å²) in [4.78, 5) is 12.6. The zero-order chi connectivity index (χ0) is 28.4. The topological polar surface area (TPSA) is 84.9 Å². The summed E-state index contributed by atoms with van der Waals surface area (Å²) in [5.41, 5.74) is -0.468. The maximum Gasteiger partial charge on any atom is 0.304 e. The highest BCUT2D eigenvalue weighted by Gasteiger charge is 2.58.